The van der Waals surface area contributed by atoms with E-state index in [0.717, 1.165) is 31.9 Å². The van der Waals surface area contributed by atoms with E-state index in [9.17, 15) is 9.59 Å². The topological polar surface area (TPSA) is 70.7 Å². The highest BCUT2D eigenvalue weighted by Gasteiger charge is 2.28. The molecule has 2 unspecified atom stereocenters. The summed E-state index contributed by atoms with van der Waals surface area (Å²) in [5, 5.41) is 6.00. The average molecular weight is 390 g/mol. The number of benzene rings is 1. The van der Waals surface area contributed by atoms with Crippen LogP contribution in [0.3, 0.4) is 0 Å². The van der Waals surface area contributed by atoms with Crippen molar-refractivity contribution in [2.45, 2.75) is 46.7 Å². The van der Waals surface area contributed by atoms with E-state index < -0.39 is 6.04 Å². The van der Waals surface area contributed by atoms with Crippen molar-refractivity contribution in [3.8, 4) is 0 Å². The average Bonchev–Trinajstić information content (AvgIpc) is 2.66. The molecule has 2 atom stereocenters. The molecule has 1 aliphatic rings. The number of aryl methyl sites for hydroxylation is 1. The van der Waals surface area contributed by atoms with E-state index >= 15 is 0 Å². The first-order valence-corrected chi connectivity index (χ1v) is 10.3. The van der Waals surface area contributed by atoms with E-state index in [1.807, 2.05) is 39.0 Å². The molecule has 0 radical (unpaired) electrons. The standard InChI is InChI=1S/C22H35N3O3/c1-15(2)19(25-10-12-28-13-11-25)14-23-22(27)20(16(3)4)24-21(26)18-9-7-6-8-17(18)5/h6-9,15-16,19-20H,10-14H2,1-5H3,(H,23,27)(H,24,26). The summed E-state index contributed by atoms with van der Waals surface area (Å²) in [5.41, 5.74) is 1.50. The predicted octanol–water partition coefficient (Wildman–Crippen LogP) is 2.22. The van der Waals surface area contributed by atoms with Gasteiger partial charge in [0.05, 0.1) is 13.2 Å². The highest BCUT2D eigenvalue weighted by Crippen LogP contribution is 2.13. The van der Waals surface area contributed by atoms with Crippen LogP contribution in [-0.2, 0) is 9.53 Å². The van der Waals surface area contributed by atoms with Crippen LogP contribution in [0, 0.1) is 18.8 Å². The van der Waals surface area contributed by atoms with Gasteiger partial charge in [-0.1, -0.05) is 45.9 Å². The van der Waals surface area contributed by atoms with Crippen LogP contribution in [-0.4, -0.2) is 61.6 Å². The minimum atomic E-state index is -0.565. The first kappa shape index (κ1) is 22.4. The lowest BCUT2D eigenvalue weighted by atomic mass is 9.99. The van der Waals surface area contributed by atoms with Crippen molar-refractivity contribution in [2.75, 3.05) is 32.8 Å². The highest BCUT2D eigenvalue weighted by atomic mass is 16.5. The van der Waals surface area contributed by atoms with Gasteiger partial charge in [0.15, 0.2) is 0 Å². The van der Waals surface area contributed by atoms with Crippen molar-refractivity contribution in [2.24, 2.45) is 11.8 Å². The molecule has 1 aromatic carbocycles. The molecule has 0 bridgehead atoms. The zero-order valence-electron chi connectivity index (χ0n) is 17.8. The second-order valence-electron chi connectivity index (χ2n) is 8.21. The van der Waals surface area contributed by atoms with Gasteiger partial charge in [0.1, 0.15) is 6.04 Å². The summed E-state index contributed by atoms with van der Waals surface area (Å²) in [5.74, 6) is 0.0719. The number of hydrogen-bond donors (Lipinski definition) is 2. The van der Waals surface area contributed by atoms with Crippen LogP contribution in [0.5, 0.6) is 0 Å². The van der Waals surface area contributed by atoms with Crippen molar-refractivity contribution in [1.82, 2.24) is 15.5 Å². The third-order valence-corrected chi connectivity index (χ3v) is 5.40. The van der Waals surface area contributed by atoms with Gasteiger partial charge >= 0.3 is 0 Å². The maximum absolute atomic E-state index is 12.9. The number of nitrogens with one attached hydrogen (secondary N) is 2. The van der Waals surface area contributed by atoms with Gasteiger partial charge < -0.3 is 15.4 Å². The molecule has 0 spiro atoms. The van der Waals surface area contributed by atoms with E-state index in [0.29, 0.717) is 18.0 Å². The number of carbonyl (C=O) groups is 2. The number of hydrogen-bond acceptors (Lipinski definition) is 4. The fourth-order valence-electron chi connectivity index (χ4n) is 3.59. The maximum Gasteiger partial charge on any atom is 0.252 e. The lowest BCUT2D eigenvalue weighted by Gasteiger charge is -2.37. The molecular formula is C22H35N3O3. The lowest BCUT2D eigenvalue weighted by molar-refractivity contribution is -0.124. The van der Waals surface area contributed by atoms with E-state index in [-0.39, 0.29) is 23.8 Å². The molecular weight excluding hydrogens is 354 g/mol. The van der Waals surface area contributed by atoms with Gasteiger partial charge in [0.25, 0.3) is 5.91 Å². The molecule has 0 aromatic heterocycles. The molecule has 2 N–H and O–H groups in total. The van der Waals surface area contributed by atoms with Crippen molar-refractivity contribution >= 4 is 11.8 Å². The van der Waals surface area contributed by atoms with Crippen LogP contribution in [0.25, 0.3) is 0 Å². The molecule has 6 heteroatoms. The molecule has 1 aliphatic heterocycles. The molecule has 156 valence electrons. The molecule has 1 aromatic rings. The maximum atomic E-state index is 12.9. The predicted molar refractivity (Wildman–Crippen MR) is 111 cm³/mol. The first-order valence-electron chi connectivity index (χ1n) is 10.3. The number of morpholine rings is 1. The summed E-state index contributed by atoms with van der Waals surface area (Å²) in [6, 6.07) is 7.11. The molecule has 2 rings (SSSR count). The largest absolute Gasteiger partial charge is 0.379 e. The second kappa shape index (κ2) is 10.6. The summed E-state index contributed by atoms with van der Waals surface area (Å²) in [6.07, 6.45) is 0. The quantitative estimate of drug-likeness (QED) is 0.715. The monoisotopic (exact) mass is 389 g/mol. The second-order valence-corrected chi connectivity index (χ2v) is 8.21. The number of ether oxygens (including phenoxy) is 1. The van der Waals surface area contributed by atoms with Crippen molar-refractivity contribution in [3.05, 3.63) is 35.4 Å². The van der Waals surface area contributed by atoms with Gasteiger partial charge in [-0.2, -0.15) is 0 Å². The number of rotatable bonds is 8. The molecule has 1 heterocycles. The van der Waals surface area contributed by atoms with Crippen LogP contribution >= 0.6 is 0 Å². The minimum absolute atomic E-state index is 0.00569. The molecule has 1 saturated heterocycles. The highest BCUT2D eigenvalue weighted by molar-refractivity contribution is 5.98. The van der Waals surface area contributed by atoms with Crippen molar-refractivity contribution < 1.29 is 14.3 Å². The fraction of sp³-hybridized carbons (Fsp3) is 0.636. The summed E-state index contributed by atoms with van der Waals surface area (Å²) in [4.78, 5) is 27.9. The van der Waals surface area contributed by atoms with Crippen molar-refractivity contribution in [1.29, 1.82) is 0 Å². The molecule has 6 nitrogen and oxygen atoms in total. The summed E-state index contributed by atoms with van der Waals surface area (Å²) < 4.78 is 5.44. The number of carbonyl (C=O) groups excluding carboxylic acids is 2. The Hall–Kier alpha value is -1.92. The lowest BCUT2D eigenvalue weighted by Crippen LogP contribution is -2.55. The van der Waals surface area contributed by atoms with Crippen LogP contribution < -0.4 is 10.6 Å². The van der Waals surface area contributed by atoms with Crippen LogP contribution in [0.15, 0.2) is 24.3 Å². The van der Waals surface area contributed by atoms with Gasteiger partial charge in [-0.15, -0.1) is 0 Å². The smallest absolute Gasteiger partial charge is 0.252 e. The Bertz CT molecular complexity index is 654. The molecule has 2 amide bonds. The molecule has 1 fully saturated rings. The Morgan fingerprint density at radius 2 is 1.71 bits per heavy atom. The molecule has 28 heavy (non-hydrogen) atoms. The fourth-order valence-corrected chi connectivity index (χ4v) is 3.59. The summed E-state index contributed by atoms with van der Waals surface area (Å²) >= 11 is 0. The van der Waals surface area contributed by atoms with Crippen LogP contribution in [0.2, 0.25) is 0 Å². The SMILES string of the molecule is Cc1ccccc1C(=O)NC(C(=O)NCC(C(C)C)N1CCOCC1)C(C)C. The van der Waals surface area contributed by atoms with Gasteiger partial charge in [-0.3, -0.25) is 14.5 Å². The Kier molecular flexibility index (Phi) is 8.45. The normalized spacial score (nSPS) is 17.4. The third-order valence-electron chi connectivity index (χ3n) is 5.40. The Morgan fingerprint density at radius 1 is 1.07 bits per heavy atom. The first-order chi connectivity index (χ1) is 13.3. The van der Waals surface area contributed by atoms with Gasteiger partial charge in [-0.25, -0.2) is 0 Å². The number of amides is 2. The Morgan fingerprint density at radius 3 is 2.29 bits per heavy atom. The van der Waals surface area contributed by atoms with E-state index in [1.165, 1.54) is 0 Å². The van der Waals surface area contributed by atoms with E-state index in [1.54, 1.807) is 6.07 Å². The van der Waals surface area contributed by atoms with Gasteiger partial charge in [0.2, 0.25) is 5.91 Å². The van der Waals surface area contributed by atoms with E-state index in [2.05, 4.69) is 29.4 Å². The van der Waals surface area contributed by atoms with Crippen LogP contribution in [0.4, 0.5) is 0 Å². The summed E-state index contributed by atoms with van der Waals surface area (Å²) in [7, 11) is 0. The van der Waals surface area contributed by atoms with Crippen molar-refractivity contribution in [3.63, 3.8) is 0 Å². The van der Waals surface area contributed by atoms with Gasteiger partial charge in [-0.05, 0) is 30.4 Å². The van der Waals surface area contributed by atoms with E-state index in [4.69, 9.17) is 4.74 Å². The summed E-state index contributed by atoms with van der Waals surface area (Å²) in [6.45, 7) is 13.9. The molecule has 0 aliphatic carbocycles. The number of nitrogens with zero attached hydrogens (tertiary/aromatic N) is 1. The zero-order chi connectivity index (χ0) is 20.7. The molecule has 0 saturated carbocycles. The Labute approximate surface area is 169 Å². The zero-order valence-corrected chi connectivity index (χ0v) is 17.8. The Balaban J connectivity index is 1.99. The van der Waals surface area contributed by atoms with Gasteiger partial charge in [0, 0.05) is 31.2 Å². The van der Waals surface area contributed by atoms with Crippen LogP contribution in [0.1, 0.15) is 43.6 Å². The third kappa shape index (κ3) is 6.04. The minimum Gasteiger partial charge on any atom is -0.379 e.